The van der Waals surface area contributed by atoms with Crippen molar-refractivity contribution in [2.24, 2.45) is 11.7 Å². The fraction of sp³-hybridized carbons (Fsp3) is 0.455. The summed E-state index contributed by atoms with van der Waals surface area (Å²) >= 11 is 0. The van der Waals surface area contributed by atoms with E-state index in [0.29, 0.717) is 6.54 Å². The van der Waals surface area contributed by atoms with Crippen LogP contribution in [0, 0.1) is 11.7 Å². The Kier molecular flexibility index (Phi) is 2.75. The highest BCUT2D eigenvalue weighted by molar-refractivity contribution is 7.91. The Labute approximate surface area is 94.4 Å². The minimum absolute atomic E-state index is 0.0724. The van der Waals surface area contributed by atoms with Crippen molar-refractivity contribution < 1.29 is 12.8 Å². The molecule has 5 heteroatoms. The minimum Gasteiger partial charge on any atom is -0.330 e. The summed E-state index contributed by atoms with van der Waals surface area (Å²) in [6.07, 6.45) is 1.21. The normalized spacial score (nSPS) is 29.1. The van der Waals surface area contributed by atoms with Crippen LogP contribution in [0.1, 0.15) is 11.5 Å². The smallest absolute Gasteiger partial charge is 0.151 e. The van der Waals surface area contributed by atoms with Crippen molar-refractivity contribution in [1.82, 2.24) is 0 Å². The average Bonchev–Trinajstić information content (AvgIpc) is 2.91. The first-order chi connectivity index (χ1) is 7.45. The quantitative estimate of drug-likeness (QED) is 0.858. The maximum Gasteiger partial charge on any atom is 0.151 e. The molecule has 16 heavy (non-hydrogen) atoms. The van der Waals surface area contributed by atoms with E-state index in [9.17, 15) is 12.8 Å². The van der Waals surface area contributed by atoms with Crippen LogP contribution < -0.4 is 5.73 Å². The topological polar surface area (TPSA) is 60.2 Å². The second-order valence-electron chi connectivity index (χ2n) is 4.27. The number of nitrogens with two attached hydrogens (primary N) is 1. The van der Waals surface area contributed by atoms with Crippen LogP contribution >= 0.6 is 0 Å². The molecule has 0 aromatic heterocycles. The van der Waals surface area contributed by atoms with Crippen LogP contribution in [0.3, 0.4) is 0 Å². The van der Waals surface area contributed by atoms with Gasteiger partial charge in [0.1, 0.15) is 5.82 Å². The second-order valence-corrected chi connectivity index (χ2v) is 6.48. The molecule has 0 radical (unpaired) electrons. The Bertz CT molecular complexity index is 500. The summed E-state index contributed by atoms with van der Waals surface area (Å²) in [5.74, 6) is -0.556. The molecule has 0 bridgehead atoms. The number of hydrogen-bond acceptors (Lipinski definition) is 3. The maximum atomic E-state index is 13.0. The summed E-state index contributed by atoms with van der Waals surface area (Å²) in [5, 5.41) is -0.445. The van der Waals surface area contributed by atoms with Crippen LogP contribution in [-0.2, 0) is 9.84 Å². The van der Waals surface area contributed by atoms with Gasteiger partial charge in [0, 0.05) is 12.2 Å². The monoisotopic (exact) mass is 243 g/mol. The van der Waals surface area contributed by atoms with E-state index in [1.54, 1.807) is 12.1 Å². The zero-order valence-corrected chi connectivity index (χ0v) is 9.75. The molecule has 0 saturated heterocycles. The molecular weight excluding hydrogens is 229 g/mol. The van der Waals surface area contributed by atoms with Crippen molar-refractivity contribution in [3.8, 4) is 0 Å². The summed E-state index contributed by atoms with van der Waals surface area (Å²) in [6, 6.07) is 6.08. The molecule has 0 aliphatic heterocycles. The van der Waals surface area contributed by atoms with Gasteiger partial charge in [-0.2, -0.15) is 0 Å². The third-order valence-electron chi connectivity index (χ3n) is 3.10. The van der Waals surface area contributed by atoms with E-state index in [2.05, 4.69) is 0 Å². The Morgan fingerprint density at radius 2 is 2.12 bits per heavy atom. The van der Waals surface area contributed by atoms with E-state index in [1.165, 1.54) is 18.4 Å². The average molecular weight is 243 g/mol. The third kappa shape index (κ3) is 1.97. The Hall–Kier alpha value is -0.940. The number of rotatable bonds is 3. The molecule has 3 unspecified atom stereocenters. The van der Waals surface area contributed by atoms with Crippen molar-refractivity contribution in [1.29, 1.82) is 0 Å². The number of hydrogen-bond donors (Lipinski definition) is 1. The lowest BCUT2D eigenvalue weighted by Crippen LogP contribution is -2.11. The van der Waals surface area contributed by atoms with Gasteiger partial charge < -0.3 is 5.73 Å². The molecule has 0 spiro atoms. The van der Waals surface area contributed by atoms with Gasteiger partial charge in [0.05, 0.1) is 5.25 Å². The zero-order chi connectivity index (χ0) is 11.9. The fourth-order valence-corrected chi connectivity index (χ4v) is 4.07. The van der Waals surface area contributed by atoms with Gasteiger partial charge in [0.2, 0.25) is 0 Å². The minimum atomic E-state index is -3.10. The summed E-state index contributed by atoms with van der Waals surface area (Å²) in [6.45, 7) is 0.318. The van der Waals surface area contributed by atoms with Crippen LogP contribution in [0.25, 0.3) is 0 Å². The first-order valence-electron chi connectivity index (χ1n) is 5.09. The molecular formula is C11H14FNO2S. The van der Waals surface area contributed by atoms with Gasteiger partial charge in [0.15, 0.2) is 9.84 Å². The highest BCUT2D eigenvalue weighted by Gasteiger charge is 2.56. The summed E-state index contributed by atoms with van der Waals surface area (Å²) in [7, 11) is -3.10. The molecule has 1 aliphatic carbocycles. The van der Waals surface area contributed by atoms with Gasteiger partial charge in [-0.05, 0) is 30.2 Å². The molecule has 1 saturated carbocycles. The zero-order valence-electron chi connectivity index (χ0n) is 8.93. The molecule has 2 rings (SSSR count). The van der Waals surface area contributed by atoms with Crippen LogP contribution in [0.15, 0.2) is 24.3 Å². The van der Waals surface area contributed by atoms with Gasteiger partial charge in [0.25, 0.3) is 0 Å². The van der Waals surface area contributed by atoms with E-state index in [1.807, 2.05) is 0 Å². The first kappa shape index (κ1) is 11.5. The SMILES string of the molecule is CS(=O)(=O)C1C(CN)C1c1cccc(F)c1. The second kappa shape index (κ2) is 3.82. The first-order valence-corrected chi connectivity index (χ1v) is 7.05. The molecule has 1 aromatic carbocycles. The van der Waals surface area contributed by atoms with Crippen LogP contribution in [0.4, 0.5) is 4.39 Å². The van der Waals surface area contributed by atoms with E-state index < -0.39 is 15.1 Å². The maximum absolute atomic E-state index is 13.0. The molecule has 88 valence electrons. The Balaban J connectivity index is 2.30. The lowest BCUT2D eigenvalue weighted by Gasteiger charge is -1.99. The number of halogens is 1. The van der Waals surface area contributed by atoms with E-state index in [-0.39, 0.29) is 17.7 Å². The number of benzene rings is 1. The molecule has 1 aromatic rings. The third-order valence-corrected chi connectivity index (χ3v) is 4.73. The lowest BCUT2D eigenvalue weighted by molar-refractivity contribution is 0.597. The van der Waals surface area contributed by atoms with Crippen molar-refractivity contribution >= 4 is 9.84 Å². The van der Waals surface area contributed by atoms with Gasteiger partial charge >= 0.3 is 0 Å². The van der Waals surface area contributed by atoms with Gasteiger partial charge in [-0.1, -0.05) is 12.1 Å². The standard InChI is InChI=1S/C11H14FNO2S/c1-16(14,15)11-9(6-13)10(11)7-3-2-4-8(12)5-7/h2-5,9-11H,6,13H2,1H3. The van der Waals surface area contributed by atoms with E-state index >= 15 is 0 Å². The van der Waals surface area contributed by atoms with Crippen molar-refractivity contribution in [3.05, 3.63) is 35.6 Å². The van der Waals surface area contributed by atoms with E-state index in [0.717, 1.165) is 5.56 Å². The summed E-state index contributed by atoms with van der Waals surface area (Å²) in [4.78, 5) is 0. The molecule has 2 N–H and O–H groups in total. The van der Waals surface area contributed by atoms with Crippen LogP contribution in [0.2, 0.25) is 0 Å². The molecule has 1 fully saturated rings. The highest BCUT2D eigenvalue weighted by atomic mass is 32.2. The van der Waals surface area contributed by atoms with Crippen molar-refractivity contribution in [2.45, 2.75) is 11.2 Å². The summed E-state index contributed by atoms with van der Waals surface area (Å²) in [5.41, 5.74) is 6.26. The van der Waals surface area contributed by atoms with Gasteiger partial charge in [-0.15, -0.1) is 0 Å². The predicted molar refractivity (Wildman–Crippen MR) is 60.3 cm³/mol. The predicted octanol–water partition coefficient (Wildman–Crippen LogP) is 0.911. The van der Waals surface area contributed by atoms with Crippen molar-refractivity contribution in [3.63, 3.8) is 0 Å². The molecule has 3 nitrogen and oxygen atoms in total. The molecule has 3 atom stereocenters. The molecule has 0 heterocycles. The fourth-order valence-electron chi connectivity index (χ4n) is 2.36. The van der Waals surface area contributed by atoms with Gasteiger partial charge in [-0.25, -0.2) is 12.8 Å². The molecule has 1 aliphatic rings. The Morgan fingerprint density at radius 3 is 2.56 bits per heavy atom. The lowest BCUT2D eigenvalue weighted by atomic mass is 10.1. The van der Waals surface area contributed by atoms with Gasteiger partial charge in [-0.3, -0.25) is 0 Å². The number of sulfone groups is 1. The summed E-state index contributed by atoms with van der Waals surface area (Å²) < 4.78 is 36.0. The van der Waals surface area contributed by atoms with Crippen molar-refractivity contribution in [2.75, 3.05) is 12.8 Å². The molecule has 0 amide bonds. The largest absolute Gasteiger partial charge is 0.330 e. The van der Waals surface area contributed by atoms with Crippen LogP contribution in [-0.4, -0.2) is 26.5 Å². The highest BCUT2D eigenvalue weighted by Crippen LogP contribution is 2.51. The Morgan fingerprint density at radius 1 is 1.44 bits per heavy atom. The van der Waals surface area contributed by atoms with Crippen LogP contribution in [0.5, 0.6) is 0 Å². The van der Waals surface area contributed by atoms with E-state index in [4.69, 9.17) is 5.73 Å².